The van der Waals surface area contributed by atoms with E-state index in [-0.39, 0.29) is 51.8 Å². The van der Waals surface area contributed by atoms with Crippen LogP contribution in [0.1, 0.15) is 16.1 Å². The highest BCUT2D eigenvalue weighted by Gasteiger charge is 2.20. The van der Waals surface area contributed by atoms with Crippen LogP contribution in [0.15, 0.2) is 30.3 Å². The van der Waals surface area contributed by atoms with Gasteiger partial charge in [0.2, 0.25) is 10.0 Å². The molecular formula is C18H27BrClN7O3S. The van der Waals surface area contributed by atoms with E-state index in [0.29, 0.717) is 24.1 Å². The largest absolute Gasteiger partial charge is 1.00 e. The number of nitrogen functional groups attached to an aromatic ring is 2. The molecule has 1 amide bonds. The molecule has 2 rings (SSSR count). The van der Waals surface area contributed by atoms with Crippen LogP contribution in [0.25, 0.3) is 0 Å². The molecule has 1 aromatic heterocycles. The summed E-state index contributed by atoms with van der Waals surface area (Å²) in [6.07, 6.45) is 0. The maximum atomic E-state index is 12.2. The van der Waals surface area contributed by atoms with Crippen molar-refractivity contribution in [1.29, 1.82) is 0 Å². The number of quaternary nitrogens is 1. The van der Waals surface area contributed by atoms with Crippen LogP contribution in [-0.4, -0.2) is 69.1 Å². The fourth-order valence-corrected chi connectivity index (χ4v) is 3.89. The maximum Gasteiger partial charge on any atom is 0.273 e. The van der Waals surface area contributed by atoms with E-state index in [9.17, 15) is 13.2 Å². The summed E-state index contributed by atoms with van der Waals surface area (Å²) in [6.45, 7) is 1.70. The van der Waals surface area contributed by atoms with Crippen molar-refractivity contribution in [2.75, 3.05) is 51.7 Å². The Labute approximate surface area is 197 Å². The van der Waals surface area contributed by atoms with Gasteiger partial charge in [-0.25, -0.2) is 23.1 Å². The van der Waals surface area contributed by atoms with Crippen LogP contribution in [0, 0.1) is 0 Å². The lowest BCUT2D eigenvalue weighted by Crippen LogP contribution is -3.00. The Balaban J connectivity index is 0.00000480. The van der Waals surface area contributed by atoms with Crippen LogP contribution < -0.4 is 38.5 Å². The van der Waals surface area contributed by atoms with E-state index >= 15 is 0 Å². The van der Waals surface area contributed by atoms with Crippen molar-refractivity contribution in [1.82, 2.24) is 20.0 Å². The number of anilines is 2. The molecule has 0 aliphatic carbocycles. The van der Waals surface area contributed by atoms with E-state index < -0.39 is 15.9 Å². The first kappa shape index (κ1) is 27.0. The standard InChI is InChI=1S/C18H26ClN7O3S.BrH/c1-26(2,11-9-23-30(28,29)12-13-6-4-3-5-7-13)10-8-22-18(27)14-16(20)25-17(21)15(19)24-14;/h3-7,23H,8-12H2,1-2H3,(H4-,20,21,22,25,27);1H. The SMILES string of the molecule is C[N+](C)(CCNC(=O)c1nc(Cl)c(N)nc1N)CCNS(=O)(=O)Cc1ccccc1.[Br-]. The third-order valence-corrected chi connectivity index (χ3v) is 6.00. The molecule has 1 heterocycles. The molecule has 0 aliphatic heterocycles. The second-order valence-corrected chi connectivity index (χ2v) is 9.58. The second-order valence-electron chi connectivity index (χ2n) is 7.41. The lowest BCUT2D eigenvalue weighted by atomic mass is 10.2. The highest BCUT2D eigenvalue weighted by atomic mass is 79.9. The number of carbonyl (C=O) groups excluding carboxylic acids is 1. The first-order valence-corrected chi connectivity index (χ1v) is 11.2. The zero-order chi connectivity index (χ0) is 22.4. The van der Waals surface area contributed by atoms with Gasteiger partial charge >= 0.3 is 0 Å². The molecule has 0 spiro atoms. The monoisotopic (exact) mass is 535 g/mol. The van der Waals surface area contributed by atoms with Crippen LogP contribution in [0.4, 0.5) is 11.6 Å². The molecule has 13 heteroatoms. The normalized spacial score (nSPS) is 11.6. The number of carbonyl (C=O) groups is 1. The minimum absolute atomic E-state index is 0. The van der Waals surface area contributed by atoms with Gasteiger partial charge in [0.05, 0.1) is 46.0 Å². The summed E-state index contributed by atoms with van der Waals surface area (Å²) in [5.74, 6) is -0.719. The summed E-state index contributed by atoms with van der Waals surface area (Å²) in [5, 5.41) is 2.62. The third-order valence-electron chi connectivity index (χ3n) is 4.36. The Morgan fingerprint density at radius 2 is 1.68 bits per heavy atom. The number of aromatic nitrogens is 2. The van der Waals surface area contributed by atoms with Gasteiger partial charge in [-0.15, -0.1) is 0 Å². The molecule has 0 fully saturated rings. The van der Waals surface area contributed by atoms with Gasteiger partial charge in [-0.05, 0) is 5.56 Å². The first-order valence-electron chi connectivity index (χ1n) is 9.19. The summed E-state index contributed by atoms with van der Waals surface area (Å²) in [4.78, 5) is 19.9. The van der Waals surface area contributed by atoms with Crippen LogP contribution in [0.2, 0.25) is 5.15 Å². The molecule has 10 nitrogen and oxygen atoms in total. The van der Waals surface area contributed by atoms with Crippen LogP contribution in [0.5, 0.6) is 0 Å². The number of likely N-dealkylation sites (N-methyl/N-ethyl adjacent to an activating group) is 1. The van der Waals surface area contributed by atoms with E-state index in [2.05, 4.69) is 20.0 Å². The lowest BCUT2D eigenvalue weighted by molar-refractivity contribution is -0.887. The van der Waals surface area contributed by atoms with Gasteiger partial charge in [0.25, 0.3) is 5.91 Å². The molecule has 1 aromatic carbocycles. The summed E-state index contributed by atoms with van der Waals surface area (Å²) in [5.41, 5.74) is 11.8. The van der Waals surface area contributed by atoms with Crippen LogP contribution >= 0.6 is 11.6 Å². The lowest BCUT2D eigenvalue weighted by Gasteiger charge is -2.29. The Morgan fingerprint density at radius 3 is 2.32 bits per heavy atom. The molecular weight excluding hydrogens is 510 g/mol. The van der Waals surface area contributed by atoms with Crippen LogP contribution in [-0.2, 0) is 15.8 Å². The molecule has 0 aliphatic rings. The van der Waals surface area contributed by atoms with Crippen molar-refractivity contribution in [3.05, 3.63) is 46.7 Å². The predicted octanol–water partition coefficient (Wildman–Crippen LogP) is -2.78. The molecule has 0 radical (unpaired) electrons. The number of amides is 1. The topological polar surface area (TPSA) is 153 Å². The number of hydrogen-bond donors (Lipinski definition) is 4. The Kier molecular flexibility index (Phi) is 10.1. The van der Waals surface area contributed by atoms with Gasteiger partial charge in [0, 0.05) is 0 Å². The fraction of sp³-hybridized carbons (Fsp3) is 0.389. The number of sulfonamides is 1. The summed E-state index contributed by atoms with van der Waals surface area (Å²) in [7, 11) is 0.452. The number of halogens is 2. The number of nitrogens with one attached hydrogen (secondary N) is 2. The molecule has 172 valence electrons. The molecule has 0 saturated heterocycles. The van der Waals surface area contributed by atoms with E-state index in [1.165, 1.54) is 0 Å². The fourth-order valence-electron chi connectivity index (χ4n) is 2.62. The highest BCUT2D eigenvalue weighted by Crippen LogP contribution is 2.17. The summed E-state index contributed by atoms with van der Waals surface area (Å²) < 4.78 is 27.5. The molecule has 2 aromatic rings. The van der Waals surface area contributed by atoms with E-state index in [1.807, 2.05) is 20.2 Å². The molecule has 31 heavy (non-hydrogen) atoms. The zero-order valence-electron chi connectivity index (χ0n) is 17.3. The molecule has 6 N–H and O–H groups in total. The maximum absolute atomic E-state index is 12.2. The van der Waals surface area contributed by atoms with E-state index in [0.717, 1.165) is 5.56 Å². The van der Waals surface area contributed by atoms with Crippen molar-refractivity contribution in [2.24, 2.45) is 0 Å². The quantitative estimate of drug-likeness (QED) is 0.240. The predicted molar refractivity (Wildman–Crippen MR) is 117 cm³/mol. The smallest absolute Gasteiger partial charge is 0.273 e. The van der Waals surface area contributed by atoms with Crippen molar-refractivity contribution in [2.45, 2.75) is 5.75 Å². The van der Waals surface area contributed by atoms with Gasteiger partial charge in [0.15, 0.2) is 22.5 Å². The third kappa shape index (κ3) is 8.95. The van der Waals surface area contributed by atoms with E-state index in [4.69, 9.17) is 23.1 Å². The summed E-state index contributed by atoms with van der Waals surface area (Å²) in [6, 6.07) is 8.99. The second kappa shape index (κ2) is 11.6. The van der Waals surface area contributed by atoms with Crippen molar-refractivity contribution >= 4 is 39.2 Å². The van der Waals surface area contributed by atoms with Gasteiger partial charge in [0.1, 0.15) is 0 Å². The van der Waals surface area contributed by atoms with Crippen molar-refractivity contribution in [3.63, 3.8) is 0 Å². The van der Waals surface area contributed by atoms with Gasteiger partial charge in [-0.1, -0.05) is 41.9 Å². The minimum Gasteiger partial charge on any atom is -1.00 e. The molecule has 0 unspecified atom stereocenters. The molecule has 0 atom stereocenters. The minimum atomic E-state index is -3.42. The van der Waals surface area contributed by atoms with Crippen molar-refractivity contribution in [3.8, 4) is 0 Å². The average molecular weight is 537 g/mol. The number of nitrogens with zero attached hydrogens (tertiary/aromatic N) is 3. The number of nitrogens with two attached hydrogens (primary N) is 2. The average Bonchev–Trinajstić information content (AvgIpc) is 2.64. The van der Waals surface area contributed by atoms with E-state index in [1.54, 1.807) is 24.3 Å². The van der Waals surface area contributed by atoms with Gasteiger partial charge in [-0.3, -0.25) is 4.79 Å². The molecule has 0 saturated carbocycles. The Bertz CT molecular complexity index is 991. The summed E-state index contributed by atoms with van der Waals surface area (Å²) >= 11 is 5.79. The first-order chi connectivity index (χ1) is 14.0. The number of hydrogen-bond acceptors (Lipinski definition) is 7. The number of benzene rings is 1. The number of rotatable bonds is 10. The Hall–Kier alpha value is -1.99. The van der Waals surface area contributed by atoms with Gasteiger partial charge in [-0.2, -0.15) is 0 Å². The molecule has 0 bridgehead atoms. The van der Waals surface area contributed by atoms with Gasteiger partial charge < -0.3 is 38.2 Å². The van der Waals surface area contributed by atoms with Crippen LogP contribution in [0.3, 0.4) is 0 Å². The Morgan fingerprint density at radius 1 is 1.06 bits per heavy atom. The van der Waals surface area contributed by atoms with Crippen molar-refractivity contribution < 1.29 is 34.7 Å². The zero-order valence-corrected chi connectivity index (χ0v) is 20.5. The highest BCUT2D eigenvalue weighted by molar-refractivity contribution is 7.88.